The highest BCUT2D eigenvalue weighted by molar-refractivity contribution is 6.09. The molecule has 0 fully saturated rings. The van der Waals surface area contributed by atoms with Gasteiger partial charge < -0.3 is 14.5 Å². The molecule has 0 saturated carbocycles. The van der Waals surface area contributed by atoms with Gasteiger partial charge in [0.15, 0.2) is 0 Å². The molecule has 11 rings (SSSR count). The molecule has 0 amide bonds. The van der Waals surface area contributed by atoms with Crippen LogP contribution in [0.25, 0.3) is 38.8 Å². The lowest BCUT2D eigenvalue weighted by atomic mass is 9.56. The molecule has 0 radical (unpaired) electrons. The van der Waals surface area contributed by atoms with Crippen LogP contribution in [-0.2, 0) is 16.2 Å². The molecule has 3 heterocycles. The highest BCUT2D eigenvalue weighted by Gasteiger charge is 2.49. The third-order valence-electron chi connectivity index (χ3n) is 16.9. The average Bonchev–Trinajstić information content (AvgIpc) is 4.03. The van der Waals surface area contributed by atoms with Crippen molar-refractivity contribution >= 4 is 44.6 Å². The van der Waals surface area contributed by atoms with Crippen LogP contribution in [0.3, 0.4) is 0 Å². The molecule has 5 nitrogen and oxygen atoms in total. The van der Waals surface area contributed by atoms with Gasteiger partial charge in [-0.25, -0.2) is 4.98 Å². The number of aromatic nitrogens is 2. The third kappa shape index (κ3) is 8.47. The second-order valence-corrected chi connectivity index (χ2v) is 24.0. The summed E-state index contributed by atoms with van der Waals surface area (Å²) in [6.07, 6.45) is 1.93. The Kier molecular flexibility index (Phi) is 12.2. The smallest absolute Gasteiger partial charge is 0.137 e. The van der Waals surface area contributed by atoms with E-state index in [1.54, 1.807) is 0 Å². The standard InChI is InChI=1S/C70H70N4O/c1-66(2,3)52-40-41-71-64(44-52)74-60-35-22-21-34-56(60)57-39-38-55(46-63(57)74)75-54-33-25-32-53(45-54)72-47-73(62-37-24-23-36-61(62)72)65-58(69(10,67(4,5)6)50-28-17-13-18-29-50)42-49(48-26-15-12-16-27-48)43-59(65)70(11,68(7,8)9)51-30-19-14-20-31-51/h12-46H,47H2,1-11H3. The summed E-state index contributed by atoms with van der Waals surface area (Å²) in [5.41, 5.74) is 14.2. The Morgan fingerprint density at radius 3 is 1.55 bits per heavy atom. The van der Waals surface area contributed by atoms with Gasteiger partial charge in [-0.15, -0.1) is 0 Å². The molecular formula is C70H70N4O. The summed E-state index contributed by atoms with van der Waals surface area (Å²) in [6, 6.07) is 75.4. The topological polar surface area (TPSA) is 33.5 Å². The molecule has 75 heavy (non-hydrogen) atoms. The highest BCUT2D eigenvalue weighted by Crippen LogP contribution is 2.59. The van der Waals surface area contributed by atoms with Crippen molar-refractivity contribution in [2.75, 3.05) is 16.5 Å². The predicted octanol–water partition coefficient (Wildman–Crippen LogP) is 18.9. The maximum Gasteiger partial charge on any atom is 0.137 e. The van der Waals surface area contributed by atoms with E-state index in [1.807, 2.05) is 6.20 Å². The Morgan fingerprint density at radius 2 is 0.947 bits per heavy atom. The van der Waals surface area contributed by atoms with Crippen LogP contribution in [0.4, 0.5) is 22.7 Å². The molecule has 8 aromatic carbocycles. The number of hydrogen-bond donors (Lipinski definition) is 0. The largest absolute Gasteiger partial charge is 0.457 e. The first-order valence-corrected chi connectivity index (χ1v) is 26.6. The molecule has 2 atom stereocenters. The lowest BCUT2D eigenvalue weighted by molar-refractivity contribution is 0.242. The minimum absolute atomic E-state index is 0.0233. The molecule has 2 unspecified atom stereocenters. The fourth-order valence-corrected chi connectivity index (χ4v) is 11.8. The maximum absolute atomic E-state index is 6.93. The van der Waals surface area contributed by atoms with Crippen LogP contribution in [-0.4, -0.2) is 16.2 Å². The zero-order valence-electron chi connectivity index (χ0n) is 45.6. The Hall–Kier alpha value is -7.89. The minimum Gasteiger partial charge on any atom is -0.457 e. The molecule has 0 saturated heterocycles. The van der Waals surface area contributed by atoms with E-state index in [1.165, 1.54) is 50.0 Å². The number of ether oxygens (including phenoxy) is 1. The fraction of sp³-hybridized carbons (Fsp3) is 0.243. The van der Waals surface area contributed by atoms with Gasteiger partial charge in [0, 0.05) is 45.6 Å². The Labute approximate surface area is 445 Å². The summed E-state index contributed by atoms with van der Waals surface area (Å²) in [5.74, 6) is 2.42. The van der Waals surface area contributed by atoms with E-state index in [9.17, 15) is 0 Å². The molecule has 10 aromatic rings. The molecular weight excluding hydrogens is 913 g/mol. The minimum atomic E-state index is -0.451. The van der Waals surface area contributed by atoms with Crippen molar-refractivity contribution in [3.8, 4) is 28.4 Å². The van der Waals surface area contributed by atoms with E-state index >= 15 is 0 Å². The number of nitrogens with zero attached hydrogens (tertiary/aromatic N) is 4. The molecule has 5 heteroatoms. The quantitative estimate of drug-likeness (QED) is 0.137. The van der Waals surface area contributed by atoms with Crippen LogP contribution in [0.5, 0.6) is 11.5 Å². The number of fused-ring (bicyclic) bond motifs is 4. The van der Waals surface area contributed by atoms with Gasteiger partial charge in [-0.05, 0) is 122 Å². The van der Waals surface area contributed by atoms with E-state index < -0.39 is 10.8 Å². The van der Waals surface area contributed by atoms with E-state index in [0.717, 1.165) is 50.8 Å². The molecule has 0 aliphatic carbocycles. The number of para-hydroxylation sites is 3. The predicted molar refractivity (Wildman–Crippen MR) is 316 cm³/mol. The molecule has 0 spiro atoms. The van der Waals surface area contributed by atoms with Crippen LogP contribution in [0.15, 0.2) is 212 Å². The molecule has 1 aliphatic rings. The lowest BCUT2D eigenvalue weighted by Gasteiger charge is -2.49. The zero-order valence-corrected chi connectivity index (χ0v) is 45.6. The summed E-state index contributed by atoms with van der Waals surface area (Å²) in [5, 5.41) is 2.34. The Morgan fingerprint density at radius 1 is 0.413 bits per heavy atom. The normalized spacial score (nSPS) is 14.7. The summed E-state index contributed by atoms with van der Waals surface area (Å²) < 4.78 is 9.21. The Balaban J connectivity index is 1.08. The van der Waals surface area contributed by atoms with Gasteiger partial charge in [0.1, 0.15) is 24.0 Å². The van der Waals surface area contributed by atoms with Gasteiger partial charge in [0.2, 0.25) is 0 Å². The van der Waals surface area contributed by atoms with Crippen molar-refractivity contribution in [1.82, 2.24) is 9.55 Å². The van der Waals surface area contributed by atoms with Crippen LogP contribution in [0, 0.1) is 10.8 Å². The van der Waals surface area contributed by atoms with Crippen LogP contribution >= 0.6 is 0 Å². The second-order valence-electron chi connectivity index (χ2n) is 24.0. The summed E-state index contributed by atoms with van der Waals surface area (Å²) >= 11 is 0. The highest BCUT2D eigenvalue weighted by atomic mass is 16.5. The summed E-state index contributed by atoms with van der Waals surface area (Å²) in [4.78, 5) is 10.0. The lowest BCUT2D eigenvalue weighted by Crippen LogP contribution is -2.43. The average molecular weight is 983 g/mol. The molecule has 376 valence electrons. The van der Waals surface area contributed by atoms with Gasteiger partial charge in [-0.1, -0.05) is 204 Å². The zero-order chi connectivity index (χ0) is 52.5. The molecule has 2 aromatic heterocycles. The number of rotatable bonds is 10. The van der Waals surface area contributed by atoms with Crippen molar-refractivity contribution in [3.63, 3.8) is 0 Å². The summed E-state index contributed by atoms with van der Waals surface area (Å²) in [6.45, 7) is 26.7. The number of pyridine rings is 1. The number of hydrogen-bond acceptors (Lipinski definition) is 4. The van der Waals surface area contributed by atoms with Crippen molar-refractivity contribution in [3.05, 3.63) is 240 Å². The second kappa shape index (κ2) is 18.5. The first-order valence-electron chi connectivity index (χ1n) is 26.6. The van der Waals surface area contributed by atoms with Gasteiger partial charge in [-0.2, -0.15) is 0 Å². The molecule has 1 aliphatic heterocycles. The molecule has 0 N–H and O–H groups in total. The van der Waals surface area contributed by atoms with Crippen LogP contribution < -0.4 is 14.5 Å². The summed E-state index contributed by atoms with van der Waals surface area (Å²) in [7, 11) is 0. The first-order chi connectivity index (χ1) is 35.9. The maximum atomic E-state index is 6.93. The van der Waals surface area contributed by atoms with Crippen LogP contribution in [0.1, 0.15) is 104 Å². The van der Waals surface area contributed by atoms with E-state index in [4.69, 9.17) is 9.72 Å². The molecule has 0 bridgehead atoms. The van der Waals surface area contributed by atoms with E-state index in [-0.39, 0.29) is 16.2 Å². The number of anilines is 4. The third-order valence-corrected chi connectivity index (χ3v) is 16.9. The first kappa shape index (κ1) is 49.3. The van der Waals surface area contributed by atoms with E-state index in [0.29, 0.717) is 6.67 Å². The van der Waals surface area contributed by atoms with Gasteiger partial charge in [0.05, 0.1) is 28.1 Å². The fourth-order valence-electron chi connectivity index (χ4n) is 11.8. The van der Waals surface area contributed by atoms with E-state index in [2.05, 4.69) is 297 Å². The van der Waals surface area contributed by atoms with Crippen molar-refractivity contribution in [2.24, 2.45) is 10.8 Å². The van der Waals surface area contributed by atoms with Crippen molar-refractivity contribution in [2.45, 2.75) is 92.4 Å². The van der Waals surface area contributed by atoms with Gasteiger partial charge >= 0.3 is 0 Å². The van der Waals surface area contributed by atoms with Gasteiger partial charge in [-0.3, -0.25) is 4.57 Å². The SMILES string of the molecule is CC(C)(C)c1ccnc(-n2c3ccccc3c3ccc(Oc4cccc(N5CN(c6c(C(C)(c7ccccc7)C(C)(C)C)cc(-c7ccccc7)cc6C(C)(c6ccccc6)C(C)(C)C)c6ccccc65)c4)cc32)c1. The Bertz CT molecular complexity index is 3620. The monoisotopic (exact) mass is 983 g/mol. The number of benzene rings is 8. The van der Waals surface area contributed by atoms with Gasteiger partial charge in [0.25, 0.3) is 0 Å². The van der Waals surface area contributed by atoms with Crippen molar-refractivity contribution < 1.29 is 4.74 Å². The van der Waals surface area contributed by atoms with Crippen molar-refractivity contribution in [1.29, 1.82) is 0 Å². The van der Waals surface area contributed by atoms with Crippen LogP contribution in [0.2, 0.25) is 0 Å².